The largest absolute Gasteiger partial charge is 0.321 e. The molecule has 0 saturated carbocycles. The molecule has 1 unspecified atom stereocenters. The summed E-state index contributed by atoms with van der Waals surface area (Å²) in [6, 6.07) is 0. The van der Waals surface area contributed by atoms with Crippen LogP contribution < -0.4 is 0 Å². The summed E-state index contributed by atoms with van der Waals surface area (Å²) in [5, 5.41) is 0. The minimum Gasteiger partial charge on any atom is -0.321 e. The summed E-state index contributed by atoms with van der Waals surface area (Å²) in [6.45, 7) is 10.1. The molecule has 1 rings (SSSR count). The van der Waals surface area contributed by atoms with E-state index in [0.29, 0.717) is 0 Å². The van der Waals surface area contributed by atoms with Gasteiger partial charge in [-0.05, 0) is 34.9 Å². The van der Waals surface area contributed by atoms with Crippen molar-refractivity contribution in [2.45, 2.75) is 26.3 Å². The predicted octanol–water partition coefficient (Wildman–Crippen LogP) is 1.92. The molecular weight excluding hydrogens is 211 g/mol. The smallest absolute Gasteiger partial charge is 0.259 e. The molecule has 0 aromatic rings. The second-order valence-corrected chi connectivity index (χ2v) is 6.48. The lowest BCUT2D eigenvalue weighted by Crippen LogP contribution is -2.36. The molecule has 4 nitrogen and oxygen atoms in total. The van der Waals surface area contributed by atoms with Crippen LogP contribution in [0, 0.1) is 0 Å². The molecule has 0 spiro atoms. The Morgan fingerprint density at radius 1 is 1.40 bits per heavy atom. The van der Waals surface area contributed by atoms with Gasteiger partial charge in [0.2, 0.25) is 0 Å². The van der Waals surface area contributed by atoms with Crippen molar-refractivity contribution in [3.63, 3.8) is 0 Å². The Morgan fingerprint density at radius 2 is 2.07 bits per heavy atom. The molecule has 1 saturated heterocycles. The lowest BCUT2D eigenvalue weighted by Gasteiger charge is -2.33. The van der Waals surface area contributed by atoms with Gasteiger partial charge in [-0.25, -0.2) is 4.67 Å². The van der Waals surface area contributed by atoms with Crippen LogP contribution in [0.3, 0.4) is 0 Å². The van der Waals surface area contributed by atoms with Crippen LogP contribution in [-0.4, -0.2) is 55.5 Å². The first-order chi connectivity index (χ1) is 6.91. The normalized spacial score (nSPS) is 24.0. The third kappa shape index (κ3) is 4.33. The van der Waals surface area contributed by atoms with Crippen LogP contribution in [0.15, 0.2) is 0 Å². The molecule has 1 fully saturated rings. The maximum atomic E-state index is 5.78. The van der Waals surface area contributed by atoms with E-state index in [9.17, 15) is 0 Å². The van der Waals surface area contributed by atoms with E-state index < -0.39 is 8.53 Å². The van der Waals surface area contributed by atoms with E-state index in [4.69, 9.17) is 9.05 Å². The first-order valence-corrected chi connectivity index (χ1v) is 6.52. The maximum absolute atomic E-state index is 5.78. The van der Waals surface area contributed by atoms with Crippen molar-refractivity contribution < 1.29 is 9.05 Å². The van der Waals surface area contributed by atoms with Crippen LogP contribution in [0.25, 0.3) is 0 Å². The van der Waals surface area contributed by atoms with Crippen LogP contribution in [-0.2, 0) is 9.05 Å². The molecule has 1 atom stereocenters. The fraction of sp³-hybridized carbons (Fsp3) is 1.00. The fourth-order valence-electron chi connectivity index (χ4n) is 1.35. The highest BCUT2D eigenvalue weighted by Gasteiger charge is 2.35. The van der Waals surface area contributed by atoms with Crippen LogP contribution in [0.2, 0.25) is 0 Å². The molecule has 0 aromatic carbocycles. The first kappa shape index (κ1) is 13.3. The van der Waals surface area contributed by atoms with Crippen molar-refractivity contribution in [1.29, 1.82) is 0 Å². The van der Waals surface area contributed by atoms with Gasteiger partial charge in [0.05, 0.1) is 13.2 Å². The number of nitrogens with zero attached hydrogens (tertiary/aromatic N) is 2. The van der Waals surface area contributed by atoms with Gasteiger partial charge in [0.15, 0.2) is 0 Å². The Bertz CT molecular complexity index is 194. The standard InChI is InChI=1S/C10H23N2O2P/c1-10(2,3)12-7-9-14-15(12)13-8-6-11(4)5/h6-9H2,1-5H3. The summed E-state index contributed by atoms with van der Waals surface area (Å²) in [5.41, 5.74) is 0.139. The molecule has 1 aliphatic rings. The van der Waals surface area contributed by atoms with E-state index in [0.717, 1.165) is 26.3 Å². The van der Waals surface area contributed by atoms with Crippen LogP contribution >= 0.6 is 8.53 Å². The van der Waals surface area contributed by atoms with E-state index in [-0.39, 0.29) is 5.54 Å². The van der Waals surface area contributed by atoms with E-state index >= 15 is 0 Å². The van der Waals surface area contributed by atoms with Gasteiger partial charge in [0.1, 0.15) is 0 Å². The van der Waals surface area contributed by atoms with Crippen molar-refractivity contribution in [3.8, 4) is 0 Å². The Balaban J connectivity index is 2.34. The molecule has 0 amide bonds. The second kappa shape index (κ2) is 5.55. The minimum absolute atomic E-state index is 0.139. The zero-order chi connectivity index (χ0) is 11.5. The average molecular weight is 234 g/mol. The molecule has 0 bridgehead atoms. The molecule has 1 aliphatic heterocycles. The van der Waals surface area contributed by atoms with Crippen molar-refractivity contribution in [2.24, 2.45) is 0 Å². The number of hydrogen-bond donors (Lipinski definition) is 0. The van der Waals surface area contributed by atoms with Crippen LogP contribution in [0.1, 0.15) is 20.8 Å². The van der Waals surface area contributed by atoms with Gasteiger partial charge in [-0.2, -0.15) is 0 Å². The summed E-state index contributed by atoms with van der Waals surface area (Å²) >= 11 is 0. The molecular formula is C10H23N2O2P. The summed E-state index contributed by atoms with van der Waals surface area (Å²) in [6.07, 6.45) is 0. The summed E-state index contributed by atoms with van der Waals surface area (Å²) in [4.78, 5) is 2.12. The Labute approximate surface area is 94.5 Å². The highest BCUT2D eigenvalue weighted by atomic mass is 31.2. The van der Waals surface area contributed by atoms with Crippen molar-refractivity contribution in [2.75, 3.05) is 40.4 Å². The van der Waals surface area contributed by atoms with Gasteiger partial charge in [0, 0.05) is 18.6 Å². The van der Waals surface area contributed by atoms with E-state index in [1.54, 1.807) is 0 Å². The lowest BCUT2D eigenvalue weighted by atomic mass is 10.1. The predicted molar refractivity (Wildman–Crippen MR) is 63.8 cm³/mol. The summed E-state index contributed by atoms with van der Waals surface area (Å²) in [7, 11) is 3.28. The topological polar surface area (TPSA) is 24.9 Å². The highest BCUT2D eigenvalue weighted by molar-refractivity contribution is 7.44. The van der Waals surface area contributed by atoms with Crippen LogP contribution in [0.4, 0.5) is 0 Å². The molecule has 15 heavy (non-hydrogen) atoms. The number of rotatable bonds is 4. The molecule has 0 aliphatic carbocycles. The zero-order valence-corrected chi connectivity index (χ0v) is 11.4. The number of hydrogen-bond acceptors (Lipinski definition) is 4. The monoisotopic (exact) mass is 234 g/mol. The zero-order valence-electron chi connectivity index (χ0n) is 10.5. The average Bonchev–Trinajstić information content (AvgIpc) is 2.50. The van der Waals surface area contributed by atoms with E-state index in [2.05, 4.69) is 30.3 Å². The molecule has 1 heterocycles. The van der Waals surface area contributed by atoms with Gasteiger partial charge < -0.3 is 13.9 Å². The Kier molecular flexibility index (Phi) is 4.94. The van der Waals surface area contributed by atoms with E-state index in [1.165, 1.54) is 0 Å². The molecule has 0 N–H and O–H groups in total. The lowest BCUT2D eigenvalue weighted by molar-refractivity contribution is 0.210. The van der Waals surface area contributed by atoms with Crippen molar-refractivity contribution in [1.82, 2.24) is 9.57 Å². The maximum Gasteiger partial charge on any atom is 0.259 e. The SMILES string of the molecule is CN(C)CCOP1OCCN1C(C)(C)C. The Morgan fingerprint density at radius 3 is 2.60 bits per heavy atom. The molecule has 90 valence electrons. The van der Waals surface area contributed by atoms with Gasteiger partial charge >= 0.3 is 0 Å². The van der Waals surface area contributed by atoms with Gasteiger partial charge in [-0.15, -0.1) is 0 Å². The number of likely N-dealkylation sites (N-methyl/N-ethyl adjacent to an activating group) is 1. The first-order valence-electron chi connectivity index (χ1n) is 5.39. The van der Waals surface area contributed by atoms with Gasteiger partial charge in [-0.1, -0.05) is 0 Å². The molecule has 0 radical (unpaired) electrons. The quantitative estimate of drug-likeness (QED) is 0.694. The van der Waals surface area contributed by atoms with Crippen molar-refractivity contribution >= 4 is 8.53 Å². The third-order valence-electron chi connectivity index (χ3n) is 2.22. The summed E-state index contributed by atoms with van der Waals surface area (Å²) in [5.74, 6) is 0. The summed E-state index contributed by atoms with van der Waals surface area (Å²) < 4.78 is 13.7. The third-order valence-corrected chi connectivity index (χ3v) is 4.22. The fourth-order valence-corrected chi connectivity index (χ4v) is 2.91. The van der Waals surface area contributed by atoms with Crippen LogP contribution in [0.5, 0.6) is 0 Å². The van der Waals surface area contributed by atoms with E-state index in [1.807, 2.05) is 14.1 Å². The van der Waals surface area contributed by atoms with Crippen molar-refractivity contribution in [3.05, 3.63) is 0 Å². The van der Waals surface area contributed by atoms with Gasteiger partial charge in [-0.3, -0.25) is 0 Å². The minimum atomic E-state index is -0.821. The molecule has 0 aromatic heterocycles. The van der Waals surface area contributed by atoms with Gasteiger partial charge in [0.25, 0.3) is 8.53 Å². The Hall–Kier alpha value is 0.270. The second-order valence-electron chi connectivity index (χ2n) is 5.00. The molecule has 5 heteroatoms. The highest BCUT2D eigenvalue weighted by Crippen LogP contribution is 2.50.